The number of aromatic nitrogens is 1. The molecule has 8 nitrogen and oxygen atoms in total. The second kappa shape index (κ2) is 10.5. The molecular weight excluding hydrogens is 453 g/mol. The minimum atomic E-state index is -0.509. The summed E-state index contributed by atoms with van der Waals surface area (Å²) in [6.45, 7) is 0. The number of nitrogens with one attached hydrogen (secondary N) is 2. The van der Waals surface area contributed by atoms with Crippen molar-refractivity contribution in [2.75, 3.05) is 24.9 Å². The summed E-state index contributed by atoms with van der Waals surface area (Å²) >= 11 is 0. The molecule has 1 aromatic heterocycles. The van der Waals surface area contributed by atoms with Crippen LogP contribution in [0.3, 0.4) is 0 Å². The van der Waals surface area contributed by atoms with Crippen LogP contribution in [0.15, 0.2) is 72.9 Å². The number of nitrogens with zero attached hydrogens (tertiary/aromatic N) is 1. The third-order valence-corrected chi connectivity index (χ3v) is 5.02. The number of benzene rings is 3. The topological polar surface area (TPSA) is 98.8 Å². The monoisotopic (exact) mass is 475 g/mol. The largest absolute Gasteiger partial charge is 0.493 e. The van der Waals surface area contributed by atoms with Crippen LogP contribution < -0.4 is 24.8 Å². The van der Waals surface area contributed by atoms with E-state index in [9.17, 15) is 14.0 Å². The molecule has 0 saturated heterocycles. The van der Waals surface area contributed by atoms with Crippen LogP contribution in [0, 0.1) is 5.82 Å². The summed E-state index contributed by atoms with van der Waals surface area (Å²) < 4.78 is 29.7. The molecule has 0 spiro atoms. The van der Waals surface area contributed by atoms with Crippen LogP contribution in [0.25, 0.3) is 10.9 Å². The number of rotatable bonds is 8. The Morgan fingerprint density at radius 1 is 0.800 bits per heavy atom. The first-order valence-electron chi connectivity index (χ1n) is 10.6. The van der Waals surface area contributed by atoms with E-state index in [1.807, 2.05) is 0 Å². The van der Waals surface area contributed by atoms with E-state index in [-0.39, 0.29) is 6.42 Å². The van der Waals surface area contributed by atoms with Crippen molar-refractivity contribution < 1.29 is 28.2 Å². The van der Waals surface area contributed by atoms with Crippen LogP contribution in [-0.2, 0) is 9.59 Å². The van der Waals surface area contributed by atoms with Gasteiger partial charge in [0.2, 0.25) is 11.8 Å². The first-order chi connectivity index (χ1) is 16.9. The number of amides is 2. The van der Waals surface area contributed by atoms with E-state index in [0.717, 1.165) is 5.39 Å². The molecule has 9 heteroatoms. The van der Waals surface area contributed by atoms with Crippen LogP contribution in [0.2, 0.25) is 0 Å². The Bertz CT molecular complexity index is 1360. The number of hydrogen-bond acceptors (Lipinski definition) is 6. The Kier molecular flexibility index (Phi) is 7.06. The lowest BCUT2D eigenvalue weighted by molar-refractivity contribution is -0.123. The molecule has 3 aromatic carbocycles. The molecule has 178 valence electrons. The highest BCUT2D eigenvalue weighted by Gasteiger charge is 2.13. The fourth-order valence-corrected chi connectivity index (χ4v) is 3.36. The zero-order valence-electron chi connectivity index (χ0n) is 19.0. The van der Waals surface area contributed by atoms with Crippen molar-refractivity contribution >= 4 is 34.1 Å². The van der Waals surface area contributed by atoms with Gasteiger partial charge in [-0.25, -0.2) is 4.39 Å². The maximum absolute atomic E-state index is 13.0. The first-order valence-corrected chi connectivity index (χ1v) is 10.6. The van der Waals surface area contributed by atoms with Gasteiger partial charge in [-0.1, -0.05) is 0 Å². The van der Waals surface area contributed by atoms with E-state index in [1.54, 1.807) is 62.9 Å². The number of ether oxygens (including phenoxy) is 3. The van der Waals surface area contributed by atoms with Gasteiger partial charge < -0.3 is 24.8 Å². The highest BCUT2D eigenvalue weighted by atomic mass is 19.1. The lowest BCUT2D eigenvalue weighted by Gasteiger charge is -2.12. The lowest BCUT2D eigenvalue weighted by atomic mass is 10.2. The Morgan fingerprint density at radius 3 is 1.97 bits per heavy atom. The Labute approximate surface area is 200 Å². The number of halogens is 1. The summed E-state index contributed by atoms with van der Waals surface area (Å²) in [7, 11) is 3.11. The van der Waals surface area contributed by atoms with Crippen LogP contribution in [0.4, 0.5) is 15.8 Å². The molecule has 4 rings (SSSR count). The highest BCUT2D eigenvalue weighted by molar-refractivity contribution is 6.08. The average Bonchev–Trinajstić information content (AvgIpc) is 2.85. The second-order valence-electron chi connectivity index (χ2n) is 7.44. The van der Waals surface area contributed by atoms with Crippen molar-refractivity contribution in [3.8, 4) is 23.0 Å². The van der Waals surface area contributed by atoms with Gasteiger partial charge in [-0.15, -0.1) is 0 Å². The number of hydrogen-bond donors (Lipinski definition) is 2. The molecule has 0 atom stereocenters. The van der Waals surface area contributed by atoms with Crippen molar-refractivity contribution in [1.29, 1.82) is 0 Å². The van der Waals surface area contributed by atoms with Crippen molar-refractivity contribution in [2.24, 2.45) is 0 Å². The molecule has 0 aliphatic heterocycles. The molecule has 1 heterocycles. The third-order valence-electron chi connectivity index (χ3n) is 5.02. The Morgan fingerprint density at radius 2 is 1.37 bits per heavy atom. The van der Waals surface area contributed by atoms with E-state index in [2.05, 4.69) is 15.6 Å². The van der Waals surface area contributed by atoms with Gasteiger partial charge in [0.25, 0.3) is 0 Å². The molecule has 0 bridgehead atoms. The molecule has 4 aromatic rings. The van der Waals surface area contributed by atoms with E-state index >= 15 is 0 Å². The van der Waals surface area contributed by atoms with Gasteiger partial charge in [0.05, 0.1) is 19.7 Å². The van der Waals surface area contributed by atoms with Crippen LogP contribution in [0.5, 0.6) is 23.0 Å². The predicted octanol–water partition coefficient (Wildman–Crippen LogP) is 5.15. The van der Waals surface area contributed by atoms with E-state index in [4.69, 9.17) is 14.2 Å². The third kappa shape index (κ3) is 5.83. The second-order valence-corrected chi connectivity index (χ2v) is 7.44. The quantitative estimate of drug-likeness (QED) is 0.342. The SMILES string of the molecule is COc1cc2nccc(Oc3ccc(NC(=O)CC(=O)Nc4ccc(F)cc4)cc3)c2cc1OC. The average molecular weight is 475 g/mol. The van der Waals surface area contributed by atoms with Gasteiger partial charge in [-0.3, -0.25) is 14.6 Å². The van der Waals surface area contributed by atoms with Crippen LogP contribution >= 0.6 is 0 Å². The van der Waals surface area contributed by atoms with Crippen molar-refractivity contribution in [3.63, 3.8) is 0 Å². The summed E-state index contributed by atoms with van der Waals surface area (Å²) in [5, 5.41) is 5.95. The zero-order valence-corrected chi connectivity index (χ0v) is 19.0. The molecule has 0 unspecified atom stereocenters. The number of fused-ring (bicyclic) bond motifs is 1. The molecule has 35 heavy (non-hydrogen) atoms. The fraction of sp³-hybridized carbons (Fsp3) is 0.115. The summed E-state index contributed by atoms with van der Waals surface area (Å²) in [6.07, 6.45) is 1.25. The molecule has 0 saturated carbocycles. The standard InChI is InChI=1S/C26H22FN3O5/c1-33-23-13-20-21(14-24(23)34-2)28-12-11-22(20)35-19-9-7-18(8-10-19)30-26(32)15-25(31)29-17-5-3-16(27)4-6-17/h3-14H,15H2,1-2H3,(H,29,31)(H,30,32). The van der Waals surface area contributed by atoms with Gasteiger partial charge in [0.15, 0.2) is 11.5 Å². The summed E-state index contributed by atoms with van der Waals surface area (Å²) in [5.41, 5.74) is 1.59. The van der Waals surface area contributed by atoms with Gasteiger partial charge in [0, 0.05) is 29.0 Å². The Balaban J connectivity index is 1.39. The molecule has 0 aliphatic rings. The minimum absolute atomic E-state index is 0.385. The Hall–Kier alpha value is -4.66. The molecule has 0 radical (unpaired) electrons. The molecule has 2 amide bonds. The minimum Gasteiger partial charge on any atom is -0.493 e. The first kappa shape index (κ1) is 23.5. The highest BCUT2D eigenvalue weighted by Crippen LogP contribution is 2.37. The van der Waals surface area contributed by atoms with E-state index < -0.39 is 17.6 Å². The summed E-state index contributed by atoms with van der Waals surface area (Å²) in [5.74, 6) is 0.829. The maximum Gasteiger partial charge on any atom is 0.233 e. The lowest BCUT2D eigenvalue weighted by Crippen LogP contribution is -2.21. The van der Waals surface area contributed by atoms with E-state index in [0.29, 0.717) is 39.9 Å². The molecule has 0 fully saturated rings. The summed E-state index contributed by atoms with van der Waals surface area (Å²) in [4.78, 5) is 28.6. The van der Waals surface area contributed by atoms with Crippen LogP contribution in [0.1, 0.15) is 6.42 Å². The summed E-state index contributed by atoms with van der Waals surface area (Å²) in [6, 6.07) is 17.3. The number of carbonyl (C=O) groups excluding carboxylic acids is 2. The van der Waals surface area contributed by atoms with Gasteiger partial charge in [-0.2, -0.15) is 0 Å². The smallest absolute Gasteiger partial charge is 0.233 e. The van der Waals surface area contributed by atoms with Crippen molar-refractivity contribution in [3.05, 3.63) is 78.7 Å². The van der Waals surface area contributed by atoms with E-state index in [1.165, 1.54) is 24.3 Å². The number of pyridine rings is 1. The van der Waals surface area contributed by atoms with Crippen molar-refractivity contribution in [1.82, 2.24) is 4.98 Å². The fourth-order valence-electron chi connectivity index (χ4n) is 3.36. The number of carbonyl (C=O) groups is 2. The van der Waals surface area contributed by atoms with Crippen molar-refractivity contribution in [2.45, 2.75) is 6.42 Å². The zero-order chi connectivity index (χ0) is 24.8. The predicted molar refractivity (Wildman–Crippen MR) is 130 cm³/mol. The van der Waals surface area contributed by atoms with Crippen LogP contribution in [-0.4, -0.2) is 31.0 Å². The molecule has 2 N–H and O–H groups in total. The van der Waals surface area contributed by atoms with Gasteiger partial charge >= 0.3 is 0 Å². The number of methoxy groups -OCH3 is 2. The normalized spacial score (nSPS) is 10.5. The molecular formula is C26H22FN3O5. The molecule has 0 aliphatic carbocycles. The van der Waals surface area contributed by atoms with Gasteiger partial charge in [0.1, 0.15) is 23.7 Å². The number of anilines is 2. The maximum atomic E-state index is 13.0. The van der Waals surface area contributed by atoms with Gasteiger partial charge in [-0.05, 0) is 60.7 Å².